The van der Waals surface area contributed by atoms with Gasteiger partial charge in [0.15, 0.2) is 0 Å². The van der Waals surface area contributed by atoms with Gasteiger partial charge in [-0.25, -0.2) is 0 Å². The molecule has 2 atom stereocenters. The van der Waals surface area contributed by atoms with Gasteiger partial charge in [-0.3, -0.25) is 0 Å². The zero-order valence-electron chi connectivity index (χ0n) is 14.8. The lowest BCUT2D eigenvalue weighted by molar-refractivity contribution is 0.0102. The van der Waals surface area contributed by atoms with Crippen LogP contribution in [0.2, 0.25) is 0 Å². The molecule has 21 heavy (non-hydrogen) atoms. The average Bonchev–Trinajstić information content (AvgIpc) is 2.47. The molecule has 0 aliphatic heterocycles. The number of nitrogens with one attached hydrogen (secondary N) is 1. The van der Waals surface area contributed by atoms with Crippen LogP contribution in [0.25, 0.3) is 0 Å². The minimum absolute atomic E-state index is 0.533. The van der Waals surface area contributed by atoms with Crippen molar-refractivity contribution in [2.75, 3.05) is 46.7 Å². The molecule has 0 spiro atoms. The Balaban J connectivity index is 3.38. The summed E-state index contributed by atoms with van der Waals surface area (Å²) in [5.41, 5.74) is 0. The van der Waals surface area contributed by atoms with Crippen LogP contribution in [0.4, 0.5) is 0 Å². The van der Waals surface area contributed by atoms with Crippen molar-refractivity contribution in [2.45, 2.75) is 53.0 Å². The Bertz CT molecular complexity index is 212. The van der Waals surface area contributed by atoms with Gasteiger partial charge in [0.05, 0.1) is 26.4 Å². The van der Waals surface area contributed by atoms with E-state index >= 15 is 0 Å². The zero-order chi connectivity index (χ0) is 15.9. The predicted octanol–water partition coefficient (Wildman–Crippen LogP) is 3.11. The van der Waals surface area contributed by atoms with Gasteiger partial charge in [-0.1, -0.05) is 27.2 Å². The lowest BCUT2D eigenvalue weighted by atomic mass is 9.87. The van der Waals surface area contributed by atoms with Crippen molar-refractivity contribution in [1.82, 2.24) is 5.32 Å². The Hall–Kier alpha value is -0.160. The molecule has 2 unspecified atom stereocenters. The van der Waals surface area contributed by atoms with Crippen molar-refractivity contribution in [3.8, 4) is 0 Å². The number of rotatable bonds is 15. The summed E-state index contributed by atoms with van der Waals surface area (Å²) < 4.78 is 16.6. The fourth-order valence-corrected chi connectivity index (χ4v) is 2.38. The lowest BCUT2D eigenvalue weighted by Gasteiger charge is -2.27. The van der Waals surface area contributed by atoms with Crippen LogP contribution in [0.15, 0.2) is 0 Å². The summed E-state index contributed by atoms with van der Waals surface area (Å²) in [5.74, 6) is 1.33. The number of hydrogen-bond acceptors (Lipinski definition) is 4. The van der Waals surface area contributed by atoms with E-state index < -0.39 is 0 Å². The first-order chi connectivity index (χ1) is 10.1. The Kier molecular flexibility index (Phi) is 14.7. The van der Waals surface area contributed by atoms with E-state index in [1.54, 1.807) is 0 Å². The van der Waals surface area contributed by atoms with Crippen LogP contribution in [0.5, 0.6) is 0 Å². The second-order valence-corrected chi connectivity index (χ2v) is 5.96. The Morgan fingerprint density at radius 3 is 1.81 bits per heavy atom. The van der Waals surface area contributed by atoms with Crippen molar-refractivity contribution in [2.24, 2.45) is 11.8 Å². The van der Waals surface area contributed by atoms with Gasteiger partial charge in [0.25, 0.3) is 0 Å². The molecular formula is C17H37NO3. The maximum atomic E-state index is 5.66. The number of ether oxygens (including phenoxy) is 3. The number of unbranched alkanes of at least 4 members (excludes halogenated alkanes) is 1. The number of hydrogen-bond donors (Lipinski definition) is 1. The van der Waals surface area contributed by atoms with Crippen LogP contribution >= 0.6 is 0 Å². The molecule has 0 aromatic carbocycles. The molecule has 0 heterocycles. The van der Waals surface area contributed by atoms with Gasteiger partial charge >= 0.3 is 0 Å². The molecule has 4 heteroatoms. The summed E-state index contributed by atoms with van der Waals surface area (Å²) in [6.45, 7) is 13.3. The molecular weight excluding hydrogens is 266 g/mol. The van der Waals surface area contributed by atoms with Gasteiger partial charge in [-0.2, -0.15) is 0 Å². The highest BCUT2D eigenvalue weighted by Gasteiger charge is 2.18. The lowest BCUT2D eigenvalue weighted by Crippen LogP contribution is -2.34. The molecule has 0 saturated heterocycles. The smallest absolute Gasteiger partial charge is 0.0701 e. The summed E-state index contributed by atoms with van der Waals surface area (Å²) in [6.07, 6.45) is 3.41. The molecule has 0 aliphatic rings. The largest absolute Gasteiger partial charge is 0.379 e. The van der Waals surface area contributed by atoms with Crippen LogP contribution in [0.3, 0.4) is 0 Å². The van der Waals surface area contributed by atoms with E-state index in [9.17, 15) is 0 Å². The van der Waals surface area contributed by atoms with Gasteiger partial charge in [0.2, 0.25) is 0 Å². The van der Waals surface area contributed by atoms with E-state index in [0.29, 0.717) is 44.3 Å². The van der Waals surface area contributed by atoms with Gasteiger partial charge in [-0.15, -0.1) is 0 Å². The predicted molar refractivity (Wildman–Crippen MR) is 88.8 cm³/mol. The summed E-state index contributed by atoms with van der Waals surface area (Å²) >= 11 is 0. The second kappa shape index (κ2) is 14.8. The van der Waals surface area contributed by atoms with Crippen molar-refractivity contribution in [1.29, 1.82) is 0 Å². The highest BCUT2D eigenvalue weighted by Crippen LogP contribution is 2.19. The fraction of sp³-hybridized carbons (Fsp3) is 1.00. The van der Waals surface area contributed by atoms with E-state index in [0.717, 1.165) is 26.1 Å². The van der Waals surface area contributed by atoms with Crippen molar-refractivity contribution in [3.63, 3.8) is 0 Å². The first kappa shape index (κ1) is 20.8. The van der Waals surface area contributed by atoms with E-state index in [1.807, 2.05) is 7.05 Å². The zero-order valence-corrected chi connectivity index (χ0v) is 14.8. The molecule has 0 aromatic rings. The standard InChI is InChI=1S/C17H37NO3/c1-6-7-9-19-11-13-21-14-12-20-10-8-17(15(2)3)16(4)18-5/h15-18H,6-14H2,1-5H3. The normalized spacial score (nSPS) is 14.6. The summed E-state index contributed by atoms with van der Waals surface area (Å²) in [4.78, 5) is 0. The monoisotopic (exact) mass is 303 g/mol. The fourth-order valence-electron chi connectivity index (χ4n) is 2.38. The summed E-state index contributed by atoms with van der Waals surface area (Å²) in [5, 5.41) is 3.34. The molecule has 128 valence electrons. The highest BCUT2D eigenvalue weighted by molar-refractivity contribution is 4.73. The maximum Gasteiger partial charge on any atom is 0.0701 e. The molecule has 0 amide bonds. The molecule has 0 radical (unpaired) electrons. The Morgan fingerprint density at radius 1 is 0.810 bits per heavy atom. The second-order valence-electron chi connectivity index (χ2n) is 5.96. The van der Waals surface area contributed by atoms with Gasteiger partial charge in [0, 0.05) is 19.3 Å². The Morgan fingerprint density at radius 2 is 1.33 bits per heavy atom. The minimum Gasteiger partial charge on any atom is -0.379 e. The first-order valence-electron chi connectivity index (χ1n) is 8.53. The Labute approximate surface area is 131 Å². The van der Waals surface area contributed by atoms with Crippen LogP contribution in [0.1, 0.15) is 47.0 Å². The van der Waals surface area contributed by atoms with Crippen molar-refractivity contribution in [3.05, 3.63) is 0 Å². The van der Waals surface area contributed by atoms with Gasteiger partial charge in [0.1, 0.15) is 0 Å². The summed E-state index contributed by atoms with van der Waals surface area (Å²) in [6, 6.07) is 0.533. The molecule has 0 aliphatic carbocycles. The van der Waals surface area contributed by atoms with Crippen molar-refractivity contribution < 1.29 is 14.2 Å². The van der Waals surface area contributed by atoms with Crippen LogP contribution < -0.4 is 5.32 Å². The third-order valence-corrected chi connectivity index (χ3v) is 3.94. The molecule has 0 aromatic heterocycles. The summed E-state index contributed by atoms with van der Waals surface area (Å²) in [7, 11) is 2.03. The van der Waals surface area contributed by atoms with E-state index in [1.165, 1.54) is 6.42 Å². The molecule has 0 rings (SSSR count). The third-order valence-electron chi connectivity index (χ3n) is 3.94. The van der Waals surface area contributed by atoms with Crippen LogP contribution in [0, 0.1) is 11.8 Å². The van der Waals surface area contributed by atoms with E-state index in [4.69, 9.17) is 14.2 Å². The highest BCUT2D eigenvalue weighted by atomic mass is 16.5. The van der Waals surface area contributed by atoms with E-state index in [2.05, 4.69) is 33.0 Å². The molecule has 0 fully saturated rings. The average molecular weight is 303 g/mol. The molecule has 0 saturated carbocycles. The van der Waals surface area contributed by atoms with Gasteiger partial charge < -0.3 is 19.5 Å². The molecule has 0 bridgehead atoms. The van der Waals surface area contributed by atoms with E-state index in [-0.39, 0.29) is 0 Å². The topological polar surface area (TPSA) is 39.7 Å². The van der Waals surface area contributed by atoms with Crippen LogP contribution in [-0.4, -0.2) is 52.7 Å². The van der Waals surface area contributed by atoms with Crippen LogP contribution in [-0.2, 0) is 14.2 Å². The molecule has 4 nitrogen and oxygen atoms in total. The van der Waals surface area contributed by atoms with Crippen molar-refractivity contribution >= 4 is 0 Å². The molecule has 1 N–H and O–H groups in total. The first-order valence-corrected chi connectivity index (χ1v) is 8.53. The van der Waals surface area contributed by atoms with Gasteiger partial charge in [-0.05, 0) is 38.6 Å². The maximum absolute atomic E-state index is 5.66. The third kappa shape index (κ3) is 12.1. The SMILES string of the molecule is CCCCOCCOCCOCCC(C(C)C)C(C)NC. The quantitative estimate of drug-likeness (QED) is 0.472. The minimum atomic E-state index is 0.533.